The maximum absolute atomic E-state index is 13.2. The second-order valence-electron chi connectivity index (χ2n) is 8.91. The molecule has 4 heterocycles. The number of Topliss-reactive ketones (excluding diaryl/α,β-unsaturated/α-hetero) is 1. The molecule has 1 saturated heterocycles. The number of nitrogens with one attached hydrogen (secondary N) is 1. The monoisotopic (exact) mass is 450 g/mol. The van der Waals surface area contributed by atoms with Crippen molar-refractivity contribution >= 4 is 22.6 Å². The van der Waals surface area contributed by atoms with Crippen molar-refractivity contribution in [3.05, 3.63) is 28.2 Å². The van der Waals surface area contributed by atoms with Gasteiger partial charge in [0.15, 0.2) is 5.52 Å². The van der Waals surface area contributed by atoms with Gasteiger partial charge in [0.05, 0.1) is 23.9 Å². The number of fused-ring (bicyclic) bond motifs is 1. The van der Waals surface area contributed by atoms with Gasteiger partial charge < -0.3 is 14.6 Å². The second kappa shape index (κ2) is 8.96. The van der Waals surface area contributed by atoms with Crippen molar-refractivity contribution in [2.45, 2.75) is 64.8 Å². The SMILES string of the molecule is CCOc1nc(N2CCC(=O)CC2)ccc1-c1nc2c(C)nn(C3CCCCC3)c2c(=O)[nH]1. The van der Waals surface area contributed by atoms with Gasteiger partial charge in [-0.2, -0.15) is 10.1 Å². The van der Waals surface area contributed by atoms with E-state index in [-0.39, 0.29) is 17.4 Å². The lowest BCUT2D eigenvalue weighted by molar-refractivity contribution is -0.119. The molecule has 0 radical (unpaired) electrons. The first-order valence-electron chi connectivity index (χ1n) is 11.9. The van der Waals surface area contributed by atoms with Crippen LogP contribution in [-0.4, -0.2) is 50.2 Å². The first-order valence-corrected chi connectivity index (χ1v) is 11.9. The van der Waals surface area contributed by atoms with Crippen molar-refractivity contribution in [2.24, 2.45) is 0 Å². The van der Waals surface area contributed by atoms with E-state index >= 15 is 0 Å². The van der Waals surface area contributed by atoms with Gasteiger partial charge in [0.25, 0.3) is 5.56 Å². The van der Waals surface area contributed by atoms with Gasteiger partial charge in [-0.15, -0.1) is 0 Å². The zero-order chi connectivity index (χ0) is 22.9. The number of aromatic nitrogens is 5. The zero-order valence-corrected chi connectivity index (χ0v) is 19.3. The van der Waals surface area contributed by atoms with E-state index in [1.807, 2.05) is 30.7 Å². The van der Waals surface area contributed by atoms with Crippen LogP contribution in [0.2, 0.25) is 0 Å². The number of hydrogen-bond acceptors (Lipinski definition) is 7. The Morgan fingerprint density at radius 2 is 1.85 bits per heavy atom. The molecule has 2 aliphatic rings. The molecule has 1 N–H and O–H groups in total. The molecule has 3 aromatic rings. The predicted octanol–water partition coefficient (Wildman–Crippen LogP) is 3.56. The molecule has 5 rings (SSSR count). The maximum Gasteiger partial charge on any atom is 0.277 e. The Hall–Kier alpha value is -3.23. The highest BCUT2D eigenvalue weighted by atomic mass is 16.5. The average Bonchev–Trinajstić information content (AvgIpc) is 3.17. The first-order chi connectivity index (χ1) is 16.0. The second-order valence-corrected chi connectivity index (χ2v) is 8.91. The van der Waals surface area contributed by atoms with Gasteiger partial charge in [0.2, 0.25) is 5.88 Å². The lowest BCUT2D eigenvalue weighted by Gasteiger charge is -2.27. The highest BCUT2D eigenvalue weighted by Crippen LogP contribution is 2.32. The van der Waals surface area contributed by atoms with Crippen LogP contribution in [0.5, 0.6) is 5.88 Å². The summed E-state index contributed by atoms with van der Waals surface area (Å²) in [6.07, 6.45) is 6.71. The van der Waals surface area contributed by atoms with Gasteiger partial charge in [-0.1, -0.05) is 19.3 Å². The molecule has 174 valence electrons. The number of rotatable bonds is 5. The average molecular weight is 451 g/mol. The lowest BCUT2D eigenvalue weighted by Crippen LogP contribution is -2.34. The van der Waals surface area contributed by atoms with E-state index in [0.717, 1.165) is 37.2 Å². The van der Waals surface area contributed by atoms with Crippen molar-refractivity contribution < 1.29 is 9.53 Å². The number of hydrogen-bond donors (Lipinski definition) is 1. The van der Waals surface area contributed by atoms with E-state index in [9.17, 15) is 9.59 Å². The summed E-state index contributed by atoms with van der Waals surface area (Å²) >= 11 is 0. The normalized spacial score (nSPS) is 17.6. The largest absolute Gasteiger partial charge is 0.477 e. The van der Waals surface area contributed by atoms with Crippen molar-refractivity contribution in [1.29, 1.82) is 0 Å². The number of carbonyl (C=O) groups is 1. The fourth-order valence-corrected chi connectivity index (χ4v) is 4.93. The molecular weight excluding hydrogens is 420 g/mol. The van der Waals surface area contributed by atoms with Gasteiger partial charge in [-0.05, 0) is 38.8 Å². The minimum absolute atomic E-state index is 0.192. The van der Waals surface area contributed by atoms with E-state index in [0.29, 0.717) is 60.8 Å². The lowest BCUT2D eigenvalue weighted by atomic mass is 9.95. The molecule has 33 heavy (non-hydrogen) atoms. The smallest absolute Gasteiger partial charge is 0.277 e. The van der Waals surface area contributed by atoms with Gasteiger partial charge in [0, 0.05) is 25.9 Å². The summed E-state index contributed by atoms with van der Waals surface area (Å²) in [6, 6.07) is 4.03. The molecule has 0 aromatic carbocycles. The van der Waals surface area contributed by atoms with Crippen LogP contribution in [0.4, 0.5) is 5.82 Å². The Labute approximate surface area is 192 Å². The van der Waals surface area contributed by atoms with Crippen LogP contribution in [0.25, 0.3) is 22.4 Å². The fourth-order valence-electron chi connectivity index (χ4n) is 4.93. The molecule has 9 heteroatoms. The molecule has 0 bridgehead atoms. The number of nitrogens with zero attached hydrogens (tertiary/aromatic N) is 5. The third-order valence-electron chi connectivity index (χ3n) is 6.67. The van der Waals surface area contributed by atoms with Crippen molar-refractivity contribution in [2.75, 3.05) is 24.6 Å². The van der Waals surface area contributed by atoms with Crippen LogP contribution in [-0.2, 0) is 4.79 Å². The first kappa shape index (κ1) is 21.6. The molecule has 1 aliphatic carbocycles. The number of carbonyl (C=O) groups excluding carboxylic acids is 1. The Morgan fingerprint density at radius 3 is 2.58 bits per heavy atom. The number of piperidine rings is 1. The molecule has 1 aliphatic heterocycles. The highest BCUT2D eigenvalue weighted by molar-refractivity contribution is 5.81. The van der Waals surface area contributed by atoms with Crippen molar-refractivity contribution in [1.82, 2.24) is 24.7 Å². The van der Waals surface area contributed by atoms with E-state index in [1.165, 1.54) is 6.42 Å². The quantitative estimate of drug-likeness (QED) is 0.633. The fraction of sp³-hybridized carbons (Fsp3) is 0.542. The zero-order valence-electron chi connectivity index (χ0n) is 19.3. The Balaban J connectivity index is 1.55. The number of anilines is 1. The Bertz CT molecular complexity index is 1230. The molecule has 1 saturated carbocycles. The summed E-state index contributed by atoms with van der Waals surface area (Å²) in [5.41, 5.74) is 2.37. The summed E-state index contributed by atoms with van der Waals surface area (Å²) in [7, 11) is 0. The van der Waals surface area contributed by atoms with Crippen molar-refractivity contribution in [3.8, 4) is 17.3 Å². The molecule has 0 amide bonds. The van der Waals surface area contributed by atoms with Gasteiger partial charge >= 0.3 is 0 Å². The minimum Gasteiger partial charge on any atom is -0.477 e. The summed E-state index contributed by atoms with van der Waals surface area (Å²) in [5, 5.41) is 4.70. The summed E-state index contributed by atoms with van der Waals surface area (Å²) < 4.78 is 7.73. The van der Waals surface area contributed by atoms with Gasteiger partial charge in [-0.3, -0.25) is 14.3 Å². The number of H-pyrrole nitrogens is 1. The number of ether oxygens (including phenoxy) is 1. The van der Waals surface area contributed by atoms with Crippen LogP contribution in [0.3, 0.4) is 0 Å². The summed E-state index contributed by atoms with van der Waals surface area (Å²) in [4.78, 5) is 39.4. The van der Waals surface area contributed by atoms with E-state index in [2.05, 4.69) is 9.88 Å². The predicted molar refractivity (Wildman–Crippen MR) is 126 cm³/mol. The molecule has 2 fully saturated rings. The van der Waals surface area contributed by atoms with Crippen LogP contribution in [0.15, 0.2) is 16.9 Å². The van der Waals surface area contributed by atoms with Crippen LogP contribution in [0.1, 0.15) is 63.6 Å². The molecule has 0 atom stereocenters. The standard InChI is InChI=1S/C24H30N6O3/c1-3-33-24-18(9-10-19(25-24)29-13-11-17(31)12-14-29)22-26-20-15(2)28-30(21(20)23(32)27-22)16-7-5-4-6-8-16/h9-10,16H,3-8,11-14H2,1-2H3,(H,26,27,32). The van der Waals surface area contributed by atoms with E-state index in [4.69, 9.17) is 19.8 Å². The minimum atomic E-state index is -0.192. The molecular formula is C24H30N6O3. The molecule has 0 spiro atoms. The van der Waals surface area contributed by atoms with Gasteiger partial charge in [0.1, 0.15) is 22.9 Å². The molecule has 3 aromatic heterocycles. The van der Waals surface area contributed by atoms with Crippen LogP contribution < -0.4 is 15.2 Å². The van der Waals surface area contributed by atoms with Crippen LogP contribution >= 0.6 is 0 Å². The Morgan fingerprint density at radius 1 is 1.09 bits per heavy atom. The summed E-state index contributed by atoms with van der Waals surface area (Å²) in [6.45, 7) is 5.54. The number of ketones is 1. The third kappa shape index (κ3) is 4.12. The van der Waals surface area contributed by atoms with E-state index in [1.54, 1.807) is 0 Å². The molecule has 9 nitrogen and oxygen atoms in total. The number of pyridine rings is 1. The highest BCUT2D eigenvalue weighted by Gasteiger charge is 2.24. The maximum atomic E-state index is 13.2. The van der Waals surface area contributed by atoms with Crippen molar-refractivity contribution in [3.63, 3.8) is 0 Å². The topological polar surface area (TPSA) is 106 Å². The van der Waals surface area contributed by atoms with Gasteiger partial charge in [-0.25, -0.2) is 4.98 Å². The van der Waals surface area contributed by atoms with E-state index < -0.39 is 0 Å². The summed E-state index contributed by atoms with van der Waals surface area (Å²) in [5.74, 6) is 1.90. The molecule has 0 unspecified atom stereocenters. The third-order valence-corrected chi connectivity index (χ3v) is 6.67. The Kier molecular flexibility index (Phi) is 5.86. The van der Waals surface area contributed by atoms with Crippen LogP contribution in [0, 0.1) is 6.92 Å². The number of aryl methyl sites for hydroxylation is 1. The number of aromatic amines is 1.